The first-order valence-electron chi connectivity index (χ1n) is 4.90. The Labute approximate surface area is 84.8 Å². The SMILES string of the molecule is C#CCCCC(=O)OCCCC(C)F. The first-order valence-corrected chi connectivity index (χ1v) is 4.90. The van der Waals surface area contributed by atoms with E-state index in [2.05, 4.69) is 5.92 Å². The summed E-state index contributed by atoms with van der Waals surface area (Å²) in [6.07, 6.45) is 6.84. The van der Waals surface area contributed by atoms with Crippen molar-refractivity contribution in [3.05, 3.63) is 0 Å². The fraction of sp³-hybridized carbons (Fsp3) is 0.727. The fourth-order valence-corrected chi connectivity index (χ4v) is 0.958. The number of carbonyl (C=O) groups is 1. The van der Waals surface area contributed by atoms with Crippen molar-refractivity contribution in [1.82, 2.24) is 0 Å². The molecule has 2 nitrogen and oxygen atoms in total. The Morgan fingerprint density at radius 3 is 2.86 bits per heavy atom. The number of rotatable bonds is 7. The number of terminal acetylenes is 1. The van der Waals surface area contributed by atoms with E-state index in [1.807, 2.05) is 0 Å². The topological polar surface area (TPSA) is 26.3 Å². The van der Waals surface area contributed by atoms with E-state index >= 15 is 0 Å². The summed E-state index contributed by atoms with van der Waals surface area (Å²) < 4.78 is 17.2. The zero-order chi connectivity index (χ0) is 10.8. The van der Waals surface area contributed by atoms with Gasteiger partial charge < -0.3 is 4.74 Å². The van der Waals surface area contributed by atoms with E-state index in [0.29, 0.717) is 38.7 Å². The van der Waals surface area contributed by atoms with Crippen molar-refractivity contribution in [1.29, 1.82) is 0 Å². The Morgan fingerprint density at radius 2 is 2.29 bits per heavy atom. The summed E-state index contributed by atoms with van der Waals surface area (Å²) in [6, 6.07) is 0. The average Bonchev–Trinajstić information content (AvgIpc) is 2.13. The maximum absolute atomic E-state index is 12.3. The molecule has 0 saturated carbocycles. The molecule has 1 unspecified atom stereocenters. The second kappa shape index (κ2) is 8.55. The van der Waals surface area contributed by atoms with Crippen molar-refractivity contribution >= 4 is 5.97 Å². The maximum atomic E-state index is 12.3. The van der Waals surface area contributed by atoms with Gasteiger partial charge in [0.05, 0.1) is 12.8 Å². The predicted octanol–water partition coefficient (Wildman–Crippen LogP) is 2.47. The van der Waals surface area contributed by atoms with Gasteiger partial charge in [0.2, 0.25) is 0 Å². The van der Waals surface area contributed by atoms with Crippen molar-refractivity contribution in [2.75, 3.05) is 6.61 Å². The Balaban J connectivity index is 3.23. The summed E-state index contributed by atoms with van der Waals surface area (Å²) in [5.41, 5.74) is 0. The second-order valence-electron chi connectivity index (χ2n) is 3.20. The van der Waals surface area contributed by atoms with Crippen LogP contribution in [0.25, 0.3) is 0 Å². The minimum atomic E-state index is -0.824. The van der Waals surface area contributed by atoms with Crippen LogP contribution in [0.4, 0.5) is 4.39 Å². The highest BCUT2D eigenvalue weighted by Crippen LogP contribution is 2.02. The first kappa shape index (κ1) is 13.0. The molecule has 3 heteroatoms. The zero-order valence-corrected chi connectivity index (χ0v) is 8.59. The number of carbonyl (C=O) groups excluding carboxylic acids is 1. The van der Waals surface area contributed by atoms with Gasteiger partial charge in [0.1, 0.15) is 0 Å². The number of hydrogen-bond acceptors (Lipinski definition) is 2. The van der Waals surface area contributed by atoms with Crippen LogP contribution in [-0.4, -0.2) is 18.7 Å². The first-order chi connectivity index (χ1) is 6.66. The number of hydrogen-bond donors (Lipinski definition) is 0. The van der Waals surface area contributed by atoms with Gasteiger partial charge in [0.25, 0.3) is 0 Å². The smallest absolute Gasteiger partial charge is 0.305 e. The lowest BCUT2D eigenvalue weighted by molar-refractivity contribution is -0.143. The van der Waals surface area contributed by atoms with Crippen LogP contribution in [-0.2, 0) is 9.53 Å². The highest BCUT2D eigenvalue weighted by Gasteiger charge is 2.02. The Bertz CT molecular complexity index is 194. The number of alkyl halides is 1. The summed E-state index contributed by atoms with van der Waals surface area (Å²) in [5.74, 6) is 2.20. The lowest BCUT2D eigenvalue weighted by Crippen LogP contribution is -2.06. The van der Waals surface area contributed by atoms with Crippen LogP contribution in [0, 0.1) is 12.3 Å². The molecule has 0 bridgehead atoms. The molecule has 1 atom stereocenters. The summed E-state index contributed by atoms with van der Waals surface area (Å²) in [4.78, 5) is 11.0. The monoisotopic (exact) mass is 200 g/mol. The maximum Gasteiger partial charge on any atom is 0.305 e. The standard InChI is InChI=1S/C11H17FO2/c1-3-4-5-8-11(13)14-9-6-7-10(2)12/h1,10H,4-9H2,2H3. The number of halogens is 1. The lowest BCUT2D eigenvalue weighted by Gasteiger charge is -2.04. The molecule has 0 aromatic carbocycles. The molecule has 0 fully saturated rings. The molecule has 0 aliphatic heterocycles. The summed E-state index contributed by atoms with van der Waals surface area (Å²) >= 11 is 0. The summed E-state index contributed by atoms with van der Waals surface area (Å²) in [7, 11) is 0. The third-order valence-corrected chi connectivity index (χ3v) is 1.71. The zero-order valence-electron chi connectivity index (χ0n) is 8.59. The van der Waals surface area contributed by atoms with Gasteiger partial charge in [-0.05, 0) is 26.2 Å². The Hall–Kier alpha value is -1.04. The van der Waals surface area contributed by atoms with E-state index < -0.39 is 6.17 Å². The van der Waals surface area contributed by atoms with Gasteiger partial charge in [-0.15, -0.1) is 12.3 Å². The number of esters is 1. The van der Waals surface area contributed by atoms with E-state index in [0.717, 1.165) is 0 Å². The molecule has 0 aromatic heterocycles. The highest BCUT2D eigenvalue weighted by molar-refractivity contribution is 5.69. The van der Waals surface area contributed by atoms with E-state index in [9.17, 15) is 9.18 Å². The van der Waals surface area contributed by atoms with Gasteiger partial charge in [-0.3, -0.25) is 4.79 Å². The predicted molar refractivity (Wildman–Crippen MR) is 53.4 cm³/mol. The minimum absolute atomic E-state index is 0.244. The van der Waals surface area contributed by atoms with E-state index in [1.54, 1.807) is 0 Å². The second-order valence-corrected chi connectivity index (χ2v) is 3.20. The van der Waals surface area contributed by atoms with Gasteiger partial charge in [-0.2, -0.15) is 0 Å². The molecule has 0 aliphatic rings. The Morgan fingerprint density at radius 1 is 1.57 bits per heavy atom. The van der Waals surface area contributed by atoms with E-state index in [1.165, 1.54) is 6.92 Å². The molecular weight excluding hydrogens is 183 g/mol. The van der Waals surface area contributed by atoms with Crippen LogP contribution in [0.15, 0.2) is 0 Å². The molecule has 0 aliphatic carbocycles. The van der Waals surface area contributed by atoms with Gasteiger partial charge in [-0.25, -0.2) is 4.39 Å². The van der Waals surface area contributed by atoms with Crippen LogP contribution >= 0.6 is 0 Å². The average molecular weight is 200 g/mol. The van der Waals surface area contributed by atoms with Crippen molar-refractivity contribution in [3.8, 4) is 12.3 Å². The van der Waals surface area contributed by atoms with Crippen LogP contribution in [0.5, 0.6) is 0 Å². The summed E-state index contributed by atoms with van der Waals surface area (Å²) in [6.45, 7) is 1.80. The molecule has 0 saturated heterocycles. The number of unbranched alkanes of at least 4 members (excludes halogenated alkanes) is 1. The molecule has 80 valence electrons. The van der Waals surface area contributed by atoms with Gasteiger partial charge in [-0.1, -0.05) is 0 Å². The van der Waals surface area contributed by atoms with Gasteiger partial charge in [0.15, 0.2) is 0 Å². The molecule has 0 N–H and O–H groups in total. The number of ether oxygens (including phenoxy) is 1. The lowest BCUT2D eigenvalue weighted by atomic mass is 10.2. The largest absolute Gasteiger partial charge is 0.466 e. The van der Waals surface area contributed by atoms with Gasteiger partial charge in [0, 0.05) is 12.8 Å². The van der Waals surface area contributed by atoms with Crippen molar-refractivity contribution in [2.24, 2.45) is 0 Å². The molecule has 0 amide bonds. The van der Waals surface area contributed by atoms with E-state index in [4.69, 9.17) is 11.2 Å². The fourth-order valence-electron chi connectivity index (χ4n) is 0.958. The summed E-state index contributed by atoms with van der Waals surface area (Å²) in [5, 5.41) is 0. The molecule has 0 spiro atoms. The minimum Gasteiger partial charge on any atom is -0.466 e. The molecule has 0 rings (SSSR count). The van der Waals surface area contributed by atoms with Crippen LogP contribution < -0.4 is 0 Å². The quantitative estimate of drug-likeness (QED) is 0.358. The van der Waals surface area contributed by atoms with Crippen LogP contribution in [0.1, 0.15) is 39.0 Å². The Kier molecular flexibility index (Phi) is 7.92. The molecule has 0 heterocycles. The normalized spacial score (nSPS) is 11.8. The van der Waals surface area contributed by atoms with Gasteiger partial charge >= 0.3 is 5.97 Å². The van der Waals surface area contributed by atoms with Crippen molar-refractivity contribution < 1.29 is 13.9 Å². The molecular formula is C11H17FO2. The van der Waals surface area contributed by atoms with Crippen LogP contribution in [0.2, 0.25) is 0 Å². The van der Waals surface area contributed by atoms with E-state index in [-0.39, 0.29) is 5.97 Å². The van der Waals surface area contributed by atoms with Crippen molar-refractivity contribution in [2.45, 2.75) is 45.2 Å². The molecule has 0 radical (unpaired) electrons. The van der Waals surface area contributed by atoms with Crippen LogP contribution in [0.3, 0.4) is 0 Å². The third-order valence-electron chi connectivity index (χ3n) is 1.71. The third kappa shape index (κ3) is 9.05. The van der Waals surface area contributed by atoms with Crippen molar-refractivity contribution in [3.63, 3.8) is 0 Å². The molecule has 14 heavy (non-hydrogen) atoms. The molecule has 0 aromatic rings. The highest BCUT2D eigenvalue weighted by atomic mass is 19.1.